The average molecular weight is 331 g/mol. The Morgan fingerprint density at radius 2 is 1.96 bits per heavy atom. The van der Waals surface area contributed by atoms with Gasteiger partial charge in [-0.25, -0.2) is 13.1 Å². The zero-order valence-corrected chi connectivity index (χ0v) is 14.2. The van der Waals surface area contributed by atoms with Crippen molar-refractivity contribution in [1.29, 1.82) is 0 Å². The second-order valence-corrected chi connectivity index (χ2v) is 7.60. The minimum Gasteiger partial charge on any atom is -0.495 e. The van der Waals surface area contributed by atoms with Crippen LogP contribution in [-0.2, 0) is 16.4 Å². The van der Waals surface area contributed by atoms with E-state index >= 15 is 0 Å². The van der Waals surface area contributed by atoms with Gasteiger partial charge in [0, 0.05) is 6.04 Å². The Bertz CT molecular complexity index is 815. The van der Waals surface area contributed by atoms with Gasteiger partial charge in [0.1, 0.15) is 10.6 Å². The lowest BCUT2D eigenvalue weighted by atomic mass is 9.88. The Morgan fingerprint density at radius 3 is 2.74 bits per heavy atom. The fraction of sp³-hybridized carbons (Fsp3) is 0.333. The molecule has 2 aromatic rings. The van der Waals surface area contributed by atoms with Gasteiger partial charge in [-0.05, 0) is 55.0 Å². The molecule has 122 valence electrons. The van der Waals surface area contributed by atoms with Gasteiger partial charge in [-0.3, -0.25) is 0 Å². The van der Waals surface area contributed by atoms with Crippen LogP contribution in [0.3, 0.4) is 0 Å². The average Bonchev–Trinajstić information content (AvgIpc) is 2.55. The van der Waals surface area contributed by atoms with Crippen molar-refractivity contribution in [3.63, 3.8) is 0 Å². The number of hydrogen-bond donors (Lipinski definition) is 1. The maximum atomic E-state index is 12.9. The van der Waals surface area contributed by atoms with Crippen molar-refractivity contribution in [2.75, 3.05) is 7.11 Å². The van der Waals surface area contributed by atoms with Crippen LogP contribution in [0.15, 0.2) is 47.4 Å². The van der Waals surface area contributed by atoms with Gasteiger partial charge in [0.15, 0.2) is 0 Å². The van der Waals surface area contributed by atoms with E-state index in [9.17, 15) is 8.42 Å². The molecular weight excluding hydrogens is 310 g/mol. The molecule has 0 fully saturated rings. The molecule has 0 saturated heterocycles. The van der Waals surface area contributed by atoms with E-state index in [0.29, 0.717) is 5.75 Å². The molecule has 1 atom stereocenters. The zero-order chi connectivity index (χ0) is 16.4. The molecule has 1 N–H and O–H groups in total. The normalized spacial score (nSPS) is 17.6. The molecule has 5 heteroatoms. The number of fused-ring (bicyclic) bond motifs is 1. The van der Waals surface area contributed by atoms with Gasteiger partial charge in [-0.1, -0.05) is 30.3 Å². The smallest absolute Gasteiger partial charge is 0.244 e. The van der Waals surface area contributed by atoms with Crippen molar-refractivity contribution >= 4 is 10.0 Å². The van der Waals surface area contributed by atoms with Gasteiger partial charge < -0.3 is 4.74 Å². The molecule has 23 heavy (non-hydrogen) atoms. The maximum Gasteiger partial charge on any atom is 0.244 e. The first-order chi connectivity index (χ1) is 11.0. The number of ether oxygens (including phenoxy) is 1. The van der Waals surface area contributed by atoms with Crippen LogP contribution in [-0.4, -0.2) is 15.5 Å². The number of nitrogens with one attached hydrogen (secondary N) is 1. The van der Waals surface area contributed by atoms with Crippen LogP contribution in [0.2, 0.25) is 0 Å². The molecule has 0 amide bonds. The van der Waals surface area contributed by atoms with Gasteiger partial charge in [-0.15, -0.1) is 0 Å². The summed E-state index contributed by atoms with van der Waals surface area (Å²) in [6, 6.07) is 13.0. The zero-order valence-electron chi connectivity index (χ0n) is 13.4. The summed E-state index contributed by atoms with van der Waals surface area (Å²) in [5, 5.41) is 0. The quantitative estimate of drug-likeness (QED) is 0.934. The SMILES string of the molecule is COc1ccc(C)cc1S(=O)(=O)N[C@@H]1CCCc2ccccc21. The summed E-state index contributed by atoms with van der Waals surface area (Å²) in [4.78, 5) is 0.197. The van der Waals surface area contributed by atoms with Crippen molar-refractivity contribution < 1.29 is 13.2 Å². The summed E-state index contributed by atoms with van der Waals surface area (Å²) in [6.45, 7) is 1.87. The predicted molar refractivity (Wildman–Crippen MR) is 90.2 cm³/mol. The number of sulfonamides is 1. The summed E-state index contributed by atoms with van der Waals surface area (Å²) in [6.07, 6.45) is 2.79. The highest BCUT2D eigenvalue weighted by Crippen LogP contribution is 2.32. The lowest BCUT2D eigenvalue weighted by Crippen LogP contribution is -2.31. The van der Waals surface area contributed by atoms with Crippen molar-refractivity contribution in [3.05, 3.63) is 59.2 Å². The van der Waals surface area contributed by atoms with E-state index in [0.717, 1.165) is 30.4 Å². The van der Waals surface area contributed by atoms with Gasteiger partial charge in [-0.2, -0.15) is 0 Å². The van der Waals surface area contributed by atoms with E-state index in [1.54, 1.807) is 12.1 Å². The van der Waals surface area contributed by atoms with Gasteiger partial charge in [0.05, 0.1) is 7.11 Å². The first kappa shape index (κ1) is 16.0. The largest absolute Gasteiger partial charge is 0.495 e. The molecule has 0 bridgehead atoms. The summed E-state index contributed by atoms with van der Waals surface area (Å²) >= 11 is 0. The van der Waals surface area contributed by atoms with Crippen molar-refractivity contribution in [2.45, 2.75) is 37.1 Å². The van der Waals surface area contributed by atoms with E-state index in [-0.39, 0.29) is 10.9 Å². The maximum absolute atomic E-state index is 12.9. The molecule has 0 radical (unpaired) electrons. The molecule has 0 unspecified atom stereocenters. The topological polar surface area (TPSA) is 55.4 Å². The molecule has 1 aliphatic rings. The molecule has 0 heterocycles. The van der Waals surface area contributed by atoms with Crippen molar-refractivity contribution in [1.82, 2.24) is 4.72 Å². The number of hydrogen-bond acceptors (Lipinski definition) is 3. The third-order valence-electron chi connectivity index (χ3n) is 4.28. The molecule has 0 aromatic heterocycles. The van der Waals surface area contributed by atoms with E-state index in [4.69, 9.17) is 4.74 Å². The Hall–Kier alpha value is -1.85. The lowest BCUT2D eigenvalue weighted by molar-refractivity contribution is 0.401. The van der Waals surface area contributed by atoms with Crippen LogP contribution in [0.5, 0.6) is 5.75 Å². The monoisotopic (exact) mass is 331 g/mol. The third-order valence-corrected chi connectivity index (χ3v) is 5.77. The van der Waals surface area contributed by atoms with Gasteiger partial charge >= 0.3 is 0 Å². The van der Waals surface area contributed by atoms with Crippen LogP contribution < -0.4 is 9.46 Å². The van der Waals surface area contributed by atoms with Crippen LogP contribution in [0.25, 0.3) is 0 Å². The van der Waals surface area contributed by atoms with E-state index in [1.807, 2.05) is 31.2 Å². The number of rotatable bonds is 4. The lowest BCUT2D eigenvalue weighted by Gasteiger charge is -2.26. The second-order valence-electron chi connectivity index (χ2n) is 5.92. The predicted octanol–water partition coefficient (Wildman–Crippen LogP) is 3.36. The fourth-order valence-corrected chi connectivity index (χ4v) is 4.62. The molecule has 4 nitrogen and oxygen atoms in total. The van der Waals surface area contributed by atoms with Crippen LogP contribution >= 0.6 is 0 Å². The van der Waals surface area contributed by atoms with Crippen LogP contribution in [0.1, 0.15) is 35.6 Å². The standard InChI is InChI=1S/C18H21NO3S/c1-13-10-11-17(22-2)18(12-13)23(20,21)19-16-9-5-7-14-6-3-4-8-15(14)16/h3-4,6,8,10-12,16,19H,5,7,9H2,1-2H3/t16-/m1/s1. The Morgan fingerprint density at radius 1 is 1.17 bits per heavy atom. The van der Waals surface area contributed by atoms with Gasteiger partial charge in [0.25, 0.3) is 0 Å². The number of benzene rings is 2. The summed E-state index contributed by atoms with van der Waals surface area (Å²) < 4.78 is 33.8. The van der Waals surface area contributed by atoms with Gasteiger partial charge in [0.2, 0.25) is 10.0 Å². The second kappa shape index (κ2) is 6.34. The summed E-state index contributed by atoms with van der Waals surface area (Å²) in [5.74, 6) is 0.368. The Kier molecular flexibility index (Phi) is 4.41. The highest BCUT2D eigenvalue weighted by molar-refractivity contribution is 7.89. The van der Waals surface area contributed by atoms with Crippen molar-refractivity contribution in [3.8, 4) is 5.75 Å². The number of aryl methyl sites for hydroxylation is 2. The third kappa shape index (κ3) is 3.26. The summed E-state index contributed by atoms with van der Waals surface area (Å²) in [5.41, 5.74) is 3.19. The van der Waals surface area contributed by atoms with E-state index in [2.05, 4.69) is 10.8 Å². The molecule has 0 aliphatic heterocycles. The molecular formula is C18H21NO3S. The minimum atomic E-state index is -3.64. The Labute approximate surface area is 137 Å². The van der Waals surface area contributed by atoms with E-state index < -0.39 is 10.0 Å². The van der Waals surface area contributed by atoms with Crippen LogP contribution in [0, 0.1) is 6.92 Å². The molecule has 3 rings (SSSR count). The minimum absolute atomic E-state index is 0.185. The molecule has 1 aliphatic carbocycles. The first-order valence-electron chi connectivity index (χ1n) is 7.76. The fourth-order valence-electron chi connectivity index (χ4n) is 3.12. The van der Waals surface area contributed by atoms with E-state index in [1.165, 1.54) is 12.7 Å². The molecule has 0 spiro atoms. The first-order valence-corrected chi connectivity index (χ1v) is 9.24. The summed E-state index contributed by atoms with van der Waals surface area (Å²) in [7, 11) is -2.16. The van der Waals surface area contributed by atoms with Crippen molar-refractivity contribution in [2.24, 2.45) is 0 Å². The highest BCUT2D eigenvalue weighted by Gasteiger charge is 2.27. The highest BCUT2D eigenvalue weighted by atomic mass is 32.2. The number of methoxy groups -OCH3 is 1. The molecule has 2 aromatic carbocycles. The van der Waals surface area contributed by atoms with Crippen LogP contribution in [0.4, 0.5) is 0 Å². The Balaban J connectivity index is 1.96. The molecule has 0 saturated carbocycles.